The van der Waals surface area contributed by atoms with Gasteiger partial charge in [0.2, 0.25) is 5.91 Å². The number of allylic oxidation sites excluding steroid dienone is 3. The second-order valence-electron chi connectivity index (χ2n) is 20.4. The number of aryl methyl sites for hydroxylation is 1. The molecule has 12 nitrogen and oxygen atoms in total. The Morgan fingerprint density at radius 3 is 1.92 bits per heavy atom. The predicted octanol–water partition coefficient (Wildman–Crippen LogP) is 12.0. The van der Waals surface area contributed by atoms with Gasteiger partial charge in [-0.1, -0.05) is 140 Å². The van der Waals surface area contributed by atoms with Crippen LogP contribution in [0, 0.1) is 79.1 Å². The van der Waals surface area contributed by atoms with Crippen molar-refractivity contribution in [1.29, 1.82) is 0 Å². The van der Waals surface area contributed by atoms with E-state index in [0.29, 0.717) is 37.4 Å². The van der Waals surface area contributed by atoms with Crippen molar-refractivity contribution in [3.8, 4) is 0 Å². The minimum Gasteiger partial charge on any atom is -0.476 e. The fraction of sp³-hybridized carbons (Fsp3) is 0.638. The van der Waals surface area contributed by atoms with E-state index in [1.807, 2.05) is 50.2 Å². The topological polar surface area (TPSA) is 181 Å². The van der Waals surface area contributed by atoms with Crippen LogP contribution in [0.3, 0.4) is 0 Å². The zero-order chi connectivity index (χ0) is 50.9. The number of Topliss-reactive ketones (excluding diaryl/α,β-unsaturated/α-hetero) is 1. The van der Waals surface area contributed by atoms with Crippen molar-refractivity contribution in [3.63, 3.8) is 0 Å². The molecule has 4 fully saturated rings. The second kappa shape index (κ2) is 33.0. The molecule has 0 aromatic heterocycles. The molecule has 3 aliphatic carbocycles. The van der Waals surface area contributed by atoms with E-state index >= 15 is 0 Å². The molecule has 2 bridgehead atoms. The standard InChI is InChI=1S/C29H37O5.C20H38O2.C7H7NO.C2H4O3.Ac/c1-17-21-14-25(30)29(4)22(20-16-33-24(20)15-26(29)31)12-19(28(21,2)3)13-23(17)34-27(32)11-10-18-8-6-5-7-9-18;1-2-3-4-5-6-7-8-9-10-11-12-13-14-15-16-17-20-21-18-19-22-20;8-7(9)6-4-2-1-3-5-6;1-5-2(3)4;/h5-9,14,19-20,22-24,26,31H,10-13,15-16H2,1-4H3;9-10,20H,2-8,11-19H2,1H3;1-5H,(H2,8,9);1H3,(H,3,4);/q-1;;;;/b;10-9-;;;/t19?,20?,22?,23-,24?,26?,29?;;;;/m0..../s1. The first kappa shape index (κ1) is 62.2. The molecule has 7 atom stereocenters. The first-order valence-corrected chi connectivity index (χ1v) is 26.3. The number of ether oxygens (including phenoxy) is 5. The summed E-state index contributed by atoms with van der Waals surface area (Å²) in [4.78, 5) is 46.1. The maximum absolute atomic E-state index is 13.7. The van der Waals surface area contributed by atoms with E-state index in [1.165, 1.54) is 83.5 Å². The second-order valence-corrected chi connectivity index (χ2v) is 20.4. The number of hydrogen-bond acceptors (Lipinski definition) is 10. The summed E-state index contributed by atoms with van der Waals surface area (Å²) in [6.07, 6.45) is 26.3. The smallest absolute Gasteiger partial charge is 0.476 e. The number of rotatable bonds is 20. The third-order valence-corrected chi connectivity index (χ3v) is 15.2. The minimum atomic E-state index is -1.25. The van der Waals surface area contributed by atoms with E-state index < -0.39 is 17.7 Å². The Morgan fingerprint density at radius 1 is 0.817 bits per heavy atom. The number of nitrogens with two attached hydrogens (primary N) is 1. The van der Waals surface area contributed by atoms with Crippen molar-refractivity contribution < 1.29 is 97.1 Å². The van der Waals surface area contributed by atoms with E-state index in [4.69, 9.17) is 34.6 Å². The van der Waals surface area contributed by atoms with Gasteiger partial charge in [-0.05, 0) is 92.7 Å². The van der Waals surface area contributed by atoms with Crippen LogP contribution in [0.1, 0.15) is 166 Å². The van der Waals surface area contributed by atoms with Gasteiger partial charge in [-0.2, -0.15) is 17.6 Å². The number of ketones is 1. The molecule has 5 aliphatic rings. The summed E-state index contributed by atoms with van der Waals surface area (Å²) in [6, 6.07) is 18.7. The number of primary amides is 1. The quantitative estimate of drug-likeness (QED) is 0.0497. The SMILES string of the molecule is CC1=C2[CH-]C(=O)C3(C)C(O)CC4OCC4C3CC(C[C@@H]1OC(=O)CCc1ccccc1)C2(C)C.CCCCCCCC/C=C\CCCCCCCC1OCCO1.COC(=O)O.NC(=O)c1ccccc1.[Ac]. The van der Waals surface area contributed by atoms with Crippen LogP contribution in [0.25, 0.3) is 0 Å². The van der Waals surface area contributed by atoms with Crippen molar-refractivity contribution in [3.05, 3.63) is 102 Å². The van der Waals surface area contributed by atoms with E-state index in [-0.39, 0.29) is 97.5 Å². The fourth-order valence-corrected chi connectivity index (χ4v) is 10.6. The number of carboxylic acid groups (broad SMARTS) is 1. The van der Waals surface area contributed by atoms with Crippen molar-refractivity contribution >= 4 is 23.8 Å². The van der Waals surface area contributed by atoms with E-state index in [1.54, 1.807) is 30.7 Å². The summed E-state index contributed by atoms with van der Waals surface area (Å²) in [5.41, 5.74) is 7.62. The molecule has 0 spiro atoms. The number of amides is 1. The van der Waals surface area contributed by atoms with Gasteiger partial charge in [-0.3, -0.25) is 9.59 Å². The number of aliphatic hydroxyl groups excluding tert-OH is 1. The van der Waals surface area contributed by atoms with Gasteiger partial charge in [0.1, 0.15) is 0 Å². The zero-order valence-corrected chi connectivity index (χ0v) is 48.6. The molecule has 4 N–H and O–H groups in total. The Morgan fingerprint density at radius 2 is 1.38 bits per heavy atom. The van der Waals surface area contributed by atoms with E-state index in [0.717, 1.165) is 56.3 Å². The van der Waals surface area contributed by atoms with Gasteiger partial charge < -0.3 is 44.4 Å². The third kappa shape index (κ3) is 20.0. The van der Waals surface area contributed by atoms with Gasteiger partial charge in [0, 0.05) is 73.8 Å². The molecule has 71 heavy (non-hydrogen) atoms. The van der Waals surface area contributed by atoms with Crippen LogP contribution in [0.5, 0.6) is 0 Å². The minimum absolute atomic E-state index is 0. The molecule has 6 unspecified atom stereocenters. The molecule has 1 amide bonds. The number of unbranched alkanes of at least 4 members (excludes halogenated alkanes) is 11. The third-order valence-electron chi connectivity index (χ3n) is 15.2. The number of benzene rings is 2. The average molecular weight is 1200 g/mol. The molecule has 7 rings (SSSR count). The Kier molecular flexibility index (Phi) is 28.9. The number of aliphatic hydroxyl groups is 1. The Labute approximate surface area is 461 Å². The number of hydrogen-bond donors (Lipinski definition) is 3. The van der Waals surface area contributed by atoms with Crippen LogP contribution in [0.15, 0.2) is 84.0 Å². The molecular formula is C58H86AcNO11-. The van der Waals surface area contributed by atoms with Gasteiger partial charge in [0.25, 0.3) is 0 Å². The number of carbonyl (C=O) groups is 4. The maximum atomic E-state index is 13.7. The first-order valence-electron chi connectivity index (χ1n) is 26.3. The Balaban J connectivity index is 0.000000307. The Bertz CT molecular complexity index is 1930. The van der Waals surface area contributed by atoms with E-state index in [9.17, 15) is 19.5 Å². The van der Waals surface area contributed by atoms with Crippen LogP contribution in [-0.2, 0) is 39.7 Å². The van der Waals surface area contributed by atoms with Gasteiger partial charge in [-0.25, -0.2) is 4.79 Å². The van der Waals surface area contributed by atoms with Crippen molar-refractivity contribution in [1.82, 2.24) is 0 Å². The summed E-state index contributed by atoms with van der Waals surface area (Å²) in [7, 11) is 1.10. The molecule has 2 aromatic rings. The van der Waals surface area contributed by atoms with Crippen molar-refractivity contribution in [2.24, 2.45) is 34.3 Å². The summed E-state index contributed by atoms with van der Waals surface area (Å²) >= 11 is 0. The van der Waals surface area contributed by atoms with Crippen LogP contribution < -0.4 is 5.73 Å². The van der Waals surface area contributed by atoms with Gasteiger partial charge >= 0.3 is 12.1 Å². The number of esters is 1. The molecule has 1 radical (unpaired) electrons. The summed E-state index contributed by atoms with van der Waals surface area (Å²) in [6.45, 7) is 12.9. The monoisotopic (exact) mass is 1200 g/mol. The molecule has 2 aliphatic heterocycles. The molecular weight excluding hydrogens is 1110 g/mol. The summed E-state index contributed by atoms with van der Waals surface area (Å²) < 4.78 is 26.3. The number of carbonyl (C=O) groups excluding carboxylic acids is 3. The predicted molar refractivity (Wildman–Crippen MR) is 274 cm³/mol. The fourth-order valence-electron chi connectivity index (χ4n) is 10.6. The number of methoxy groups -OCH3 is 1. The van der Waals surface area contributed by atoms with Crippen LogP contribution in [0.4, 0.5) is 4.79 Å². The molecule has 2 saturated carbocycles. The molecule has 2 saturated heterocycles. The largest absolute Gasteiger partial charge is 0.505 e. The molecule has 2 heterocycles. The number of fused-ring (bicyclic) bond motifs is 5. The van der Waals surface area contributed by atoms with Crippen LogP contribution in [0.2, 0.25) is 0 Å². The van der Waals surface area contributed by atoms with Gasteiger partial charge in [0.05, 0.1) is 51.0 Å². The first-order chi connectivity index (χ1) is 33.6. The zero-order valence-electron chi connectivity index (χ0n) is 43.8. The van der Waals surface area contributed by atoms with Crippen molar-refractivity contribution in [2.75, 3.05) is 26.9 Å². The Hall–Kier alpha value is -3.05. The molecule has 13 heteroatoms. The average Bonchev–Trinajstić information content (AvgIpc) is 3.87. The van der Waals surface area contributed by atoms with Gasteiger partial charge in [0.15, 0.2) is 6.29 Å². The van der Waals surface area contributed by atoms with Gasteiger partial charge in [-0.15, -0.1) is 6.92 Å². The van der Waals surface area contributed by atoms with Crippen LogP contribution in [-0.4, -0.2) is 85.6 Å². The molecule has 393 valence electrons. The van der Waals surface area contributed by atoms with E-state index in [2.05, 4.69) is 37.7 Å². The van der Waals surface area contributed by atoms with Crippen molar-refractivity contribution in [2.45, 2.75) is 181 Å². The summed E-state index contributed by atoms with van der Waals surface area (Å²) in [5.74, 6) is 0.0559. The summed E-state index contributed by atoms with van der Waals surface area (Å²) in [5, 5.41) is 18.5. The molecule has 2 aromatic carbocycles. The van der Waals surface area contributed by atoms with Crippen LogP contribution >= 0.6 is 0 Å². The maximum Gasteiger partial charge on any atom is 0.505 e. The normalized spacial score (nSPS) is 25.0.